The molecule has 0 fully saturated rings. The van der Waals surface area contributed by atoms with Crippen LogP contribution >= 0.6 is 35.4 Å². The van der Waals surface area contributed by atoms with E-state index in [1.807, 2.05) is 30.3 Å². The van der Waals surface area contributed by atoms with Gasteiger partial charge in [0.15, 0.2) is 10.7 Å². The fraction of sp³-hybridized carbons (Fsp3) is 0.148. The summed E-state index contributed by atoms with van der Waals surface area (Å²) in [5.74, 6) is 0.642. The van der Waals surface area contributed by atoms with Crippen LogP contribution in [0.5, 0.6) is 0 Å². The predicted molar refractivity (Wildman–Crippen MR) is 148 cm³/mol. The van der Waals surface area contributed by atoms with Gasteiger partial charge in [0.05, 0.1) is 0 Å². The summed E-state index contributed by atoms with van der Waals surface area (Å²) in [6.07, 6.45) is 4.02. The van der Waals surface area contributed by atoms with Crippen LogP contribution in [0.1, 0.15) is 37.3 Å². The van der Waals surface area contributed by atoms with Gasteiger partial charge >= 0.3 is 0 Å². The number of hydrogen-bond donors (Lipinski definition) is 2. The first-order chi connectivity index (χ1) is 16.8. The number of rotatable bonds is 6. The number of fused-ring (bicyclic) bond motifs is 1. The molecule has 3 aromatic carbocycles. The van der Waals surface area contributed by atoms with Gasteiger partial charge < -0.3 is 9.73 Å². The first-order valence-electron chi connectivity index (χ1n) is 11.1. The molecule has 1 aromatic heterocycles. The second-order valence-corrected chi connectivity index (χ2v) is 9.33. The Labute approximate surface area is 219 Å². The van der Waals surface area contributed by atoms with E-state index in [4.69, 9.17) is 39.8 Å². The van der Waals surface area contributed by atoms with Crippen LogP contribution in [-0.4, -0.2) is 16.0 Å². The Kier molecular flexibility index (Phi) is 7.86. The van der Waals surface area contributed by atoms with Gasteiger partial charge in [-0.3, -0.25) is 10.1 Å². The number of halogens is 2. The lowest BCUT2D eigenvalue weighted by Gasteiger charge is -2.08. The molecule has 8 heteroatoms. The first kappa shape index (κ1) is 24.9. The van der Waals surface area contributed by atoms with Gasteiger partial charge in [-0.05, 0) is 90.3 Å². The third kappa shape index (κ3) is 6.28. The molecule has 4 rings (SSSR count). The predicted octanol–water partition coefficient (Wildman–Crippen LogP) is 7.84. The fourth-order valence-corrected chi connectivity index (χ4v) is 4.11. The molecule has 0 saturated carbocycles. The molecule has 0 spiro atoms. The highest BCUT2D eigenvalue weighted by Crippen LogP contribution is 2.28. The van der Waals surface area contributed by atoms with E-state index < -0.39 is 0 Å². The van der Waals surface area contributed by atoms with Crippen molar-refractivity contribution in [3.63, 3.8) is 0 Å². The third-order valence-corrected chi connectivity index (χ3v) is 6.36. The van der Waals surface area contributed by atoms with Crippen molar-refractivity contribution in [1.82, 2.24) is 10.3 Å². The summed E-state index contributed by atoms with van der Waals surface area (Å²) >= 11 is 17.2. The highest BCUT2D eigenvalue weighted by Gasteiger charge is 2.11. The summed E-state index contributed by atoms with van der Waals surface area (Å²) in [7, 11) is 0. The number of thiocarbonyl (C=S) groups is 1. The Balaban J connectivity index is 1.37. The Bertz CT molecular complexity index is 1410. The van der Waals surface area contributed by atoms with E-state index >= 15 is 0 Å². The molecule has 5 nitrogen and oxygen atoms in total. The molecule has 178 valence electrons. The van der Waals surface area contributed by atoms with E-state index in [9.17, 15) is 4.79 Å². The van der Waals surface area contributed by atoms with Crippen LogP contribution in [0.3, 0.4) is 0 Å². The number of amides is 1. The largest absolute Gasteiger partial charge is 0.436 e. The SMILES string of the molecule is CC[C@H](C)c1ccc2oc(-c3ccc(NC(=S)NC(=O)/C=C/c4ccc(Cl)cc4Cl)cc3)nc2c1. The minimum Gasteiger partial charge on any atom is -0.436 e. The van der Waals surface area contributed by atoms with Crippen molar-refractivity contribution >= 4 is 69.3 Å². The van der Waals surface area contributed by atoms with Crippen LogP contribution in [0.4, 0.5) is 5.69 Å². The molecule has 0 aliphatic carbocycles. The molecule has 1 heterocycles. The number of oxazole rings is 1. The van der Waals surface area contributed by atoms with Crippen molar-refractivity contribution in [2.75, 3.05) is 5.32 Å². The maximum absolute atomic E-state index is 12.2. The second kappa shape index (κ2) is 11.0. The molecule has 1 amide bonds. The molecule has 1 atom stereocenters. The average molecular weight is 524 g/mol. The monoisotopic (exact) mass is 523 g/mol. The Hall–Kier alpha value is -3.19. The molecule has 0 bridgehead atoms. The first-order valence-corrected chi connectivity index (χ1v) is 12.2. The van der Waals surface area contributed by atoms with E-state index in [1.54, 1.807) is 24.3 Å². The zero-order chi connectivity index (χ0) is 24.9. The van der Waals surface area contributed by atoms with Gasteiger partial charge in [-0.15, -0.1) is 0 Å². The number of carbonyl (C=O) groups excluding carboxylic acids is 1. The van der Waals surface area contributed by atoms with Crippen molar-refractivity contribution < 1.29 is 9.21 Å². The molecular weight excluding hydrogens is 501 g/mol. The van der Waals surface area contributed by atoms with Crippen LogP contribution in [0.15, 0.2) is 71.2 Å². The molecule has 0 aliphatic rings. The van der Waals surface area contributed by atoms with E-state index in [0.29, 0.717) is 27.4 Å². The quantitative estimate of drug-likeness (QED) is 0.199. The van der Waals surface area contributed by atoms with Gasteiger partial charge in [0.25, 0.3) is 0 Å². The van der Waals surface area contributed by atoms with Gasteiger partial charge in [-0.2, -0.15) is 0 Å². The summed E-state index contributed by atoms with van der Waals surface area (Å²) < 4.78 is 5.94. The van der Waals surface area contributed by atoms with E-state index in [0.717, 1.165) is 28.8 Å². The molecule has 0 saturated heterocycles. The number of hydrogen-bond acceptors (Lipinski definition) is 4. The van der Waals surface area contributed by atoms with Crippen LogP contribution in [0.25, 0.3) is 28.6 Å². The third-order valence-electron chi connectivity index (χ3n) is 5.60. The van der Waals surface area contributed by atoms with E-state index in [-0.39, 0.29) is 11.0 Å². The zero-order valence-corrected chi connectivity index (χ0v) is 21.5. The van der Waals surface area contributed by atoms with Gasteiger partial charge in [-0.1, -0.05) is 49.2 Å². The minimum atomic E-state index is -0.381. The number of nitrogens with zero attached hydrogens (tertiary/aromatic N) is 1. The molecule has 0 radical (unpaired) electrons. The highest BCUT2D eigenvalue weighted by atomic mass is 35.5. The van der Waals surface area contributed by atoms with Crippen molar-refractivity contribution in [2.45, 2.75) is 26.2 Å². The lowest BCUT2D eigenvalue weighted by atomic mass is 9.98. The number of anilines is 1. The Morgan fingerprint density at radius 2 is 1.89 bits per heavy atom. The van der Waals surface area contributed by atoms with Crippen molar-refractivity contribution in [1.29, 1.82) is 0 Å². The smallest absolute Gasteiger partial charge is 0.250 e. The number of aromatic nitrogens is 1. The van der Waals surface area contributed by atoms with Crippen molar-refractivity contribution in [3.8, 4) is 11.5 Å². The molecule has 4 aromatic rings. The van der Waals surface area contributed by atoms with E-state index in [2.05, 4.69) is 41.6 Å². The topological polar surface area (TPSA) is 67.2 Å². The normalized spacial score (nSPS) is 12.1. The minimum absolute atomic E-state index is 0.175. The zero-order valence-electron chi connectivity index (χ0n) is 19.1. The average Bonchev–Trinajstić information content (AvgIpc) is 3.27. The van der Waals surface area contributed by atoms with E-state index in [1.165, 1.54) is 11.6 Å². The maximum Gasteiger partial charge on any atom is 0.250 e. The van der Waals surface area contributed by atoms with Crippen molar-refractivity contribution in [2.24, 2.45) is 0 Å². The Morgan fingerprint density at radius 3 is 2.60 bits per heavy atom. The standard InChI is InChI=1S/C27H23Cl2N3O2S/c1-3-16(2)19-7-12-24-23(14-19)31-26(34-24)18-5-10-21(11-6-18)30-27(35)32-25(33)13-8-17-4-9-20(28)15-22(17)29/h4-16H,3H2,1-2H3,(H2,30,32,33,35)/b13-8+/t16-/m0/s1. The summed E-state index contributed by atoms with van der Waals surface area (Å²) in [6, 6.07) is 18.6. The molecule has 0 aliphatic heterocycles. The second-order valence-electron chi connectivity index (χ2n) is 8.08. The number of carbonyl (C=O) groups is 1. The summed E-state index contributed by atoms with van der Waals surface area (Å²) in [5, 5.41) is 6.76. The number of nitrogens with one attached hydrogen (secondary N) is 2. The summed E-state index contributed by atoms with van der Waals surface area (Å²) in [5.41, 5.74) is 5.09. The van der Waals surface area contributed by atoms with Crippen molar-refractivity contribution in [3.05, 3.63) is 87.9 Å². The molecule has 35 heavy (non-hydrogen) atoms. The summed E-state index contributed by atoms with van der Waals surface area (Å²) in [6.45, 7) is 4.37. The van der Waals surface area contributed by atoms with Gasteiger partial charge in [0.1, 0.15) is 5.52 Å². The van der Waals surface area contributed by atoms with Gasteiger partial charge in [0, 0.05) is 27.4 Å². The van der Waals surface area contributed by atoms with Gasteiger partial charge in [-0.25, -0.2) is 4.98 Å². The molecular formula is C27H23Cl2N3O2S. The van der Waals surface area contributed by atoms with Crippen LogP contribution < -0.4 is 10.6 Å². The fourth-order valence-electron chi connectivity index (χ4n) is 3.42. The van der Waals surface area contributed by atoms with Crippen LogP contribution in [0.2, 0.25) is 10.0 Å². The highest BCUT2D eigenvalue weighted by molar-refractivity contribution is 7.80. The summed E-state index contributed by atoms with van der Waals surface area (Å²) in [4.78, 5) is 16.8. The van der Waals surface area contributed by atoms with Crippen LogP contribution in [0, 0.1) is 0 Å². The Morgan fingerprint density at radius 1 is 1.11 bits per heavy atom. The lowest BCUT2D eigenvalue weighted by molar-refractivity contribution is -0.115. The lowest BCUT2D eigenvalue weighted by Crippen LogP contribution is -2.32. The maximum atomic E-state index is 12.2. The van der Waals surface area contributed by atoms with Gasteiger partial charge in [0.2, 0.25) is 11.8 Å². The van der Waals surface area contributed by atoms with Crippen LogP contribution in [-0.2, 0) is 4.79 Å². The number of benzene rings is 3. The molecule has 2 N–H and O–H groups in total. The molecule has 0 unspecified atom stereocenters.